The van der Waals surface area contributed by atoms with Gasteiger partial charge in [-0.15, -0.1) is 0 Å². The molecule has 8 heteroatoms. The van der Waals surface area contributed by atoms with Crippen molar-refractivity contribution in [3.05, 3.63) is 45.8 Å². The van der Waals surface area contributed by atoms with E-state index in [-0.39, 0.29) is 10.8 Å². The Labute approximate surface area is 160 Å². The van der Waals surface area contributed by atoms with Crippen LogP contribution in [0.3, 0.4) is 0 Å². The fourth-order valence-corrected chi connectivity index (χ4v) is 4.50. The van der Waals surface area contributed by atoms with E-state index in [1.54, 1.807) is 31.9 Å². The monoisotopic (exact) mass is 390 g/mol. The zero-order valence-corrected chi connectivity index (χ0v) is 16.8. The van der Waals surface area contributed by atoms with Crippen LogP contribution in [0.15, 0.2) is 17.0 Å². The van der Waals surface area contributed by atoms with Crippen LogP contribution in [-0.2, 0) is 29.4 Å². The predicted octanol–water partition coefficient (Wildman–Crippen LogP) is 2.22. The fourth-order valence-electron chi connectivity index (χ4n) is 3.62. The molecule has 0 bridgehead atoms. The number of nitrogens with zero attached hydrogens (tertiary/aromatic N) is 2. The van der Waals surface area contributed by atoms with Gasteiger partial charge in [-0.2, -0.15) is 5.10 Å². The van der Waals surface area contributed by atoms with Gasteiger partial charge in [0.2, 0.25) is 10.0 Å². The number of primary sulfonamides is 1. The maximum Gasteiger partial charge on any atom is 0.254 e. The second kappa shape index (κ2) is 7.44. The number of nitrogens with two attached hydrogens (primary N) is 1. The topological polar surface area (TPSA) is 109 Å². The molecule has 27 heavy (non-hydrogen) atoms. The number of carbonyl (C=O) groups is 1. The lowest BCUT2D eigenvalue weighted by atomic mass is 10.0. The molecule has 7 nitrogen and oxygen atoms in total. The summed E-state index contributed by atoms with van der Waals surface area (Å²) in [6.07, 6.45) is 5.46. The highest BCUT2D eigenvalue weighted by molar-refractivity contribution is 7.89. The van der Waals surface area contributed by atoms with E-state index in [4.69, 9.17) is 5.14 Å². The van der Waals surface area contributed by atoms with Crippen molar-refractivity contribution in [3.63, 3.8) is 0 Å². The number of sulfonamides is 1. The number of H-pyrrole nitrogens is 1. The summed E-state index contributed by atoms with van der Waals surface area (Å²) in [7, 11) is -2.19. The van der Waals surface area contributed by atoms with Gasteiger partial charge in [-0.1, -0.05) is 6.42 Å². The molecule has 0 saturated carbocycles. The van der Waals surface area contributed by atoms with E-state index in [1.165, 1.54) is 23.7 Å². The molecule has 1 amide bonds. The van der Waals surface area contributed by atoms with E-state index in [0.717, 1.165) is 31.4 Å². The molecule has 1 aliphatic rings. The predicted molar refractivity (Wildman–Crippen MR) is 103 cm³/mol. The zero-order valence-electron chi connectivity index (χ0n) is 16.0. The molecular formula is C19H26N4O3S. The highest BCUT2D eigenvalue weighted by Crippen LogP contribution is 2.24. The molecule has 0 spiro atoms. The maximum absolute atomic E-state index is 12.9. The van der Waals surface area contributed by atoms with Gasteiger partial charge in [-0.3, -0.25) is 9.89 Å². The minimum atomic E-state index is -3.89. The van der Waals surface area contributed by atoms with Crippen molar-refractivity contribution in [2.24, 2.45) is 5.14 Å². The van der Waals surface area contributed by atoms with Crippen molar-refractivity contribution in [1.29, 1.82) is 0 Å². The SMILES string of the molecule is Cc1cc(C(=O)N(C)Cc2n[nH]c3c2CCCCC3)cc(S(N)(=O)=O)c1C. The molecule has 1 heterocycles. The van der Waals surface area contributed by atoms with E-state index in [1.807, 2.05) is 0 Å². The zero-order chi connectivity index (χ0) is 19.8. The second-order valence-corrected chi connectivity index (χ2v) is 8.84. The lowest BCUT2D eigenvalue weighted by Crippen LogP contribution is -2.27. The van der Waals surface area contributed by atoms with Gasteiger partial charge in [0.25, 0.3) is 5.91 Å². The van der Waals surface area contributed by atoms with Crippen LogP contribution in [0, 0.1) is 13.8 Å². The van der Waals surface area contributed by atoms with Crippen molar-refractivity contribution < 1.29 is 13.2 Å². The smallest absolute Gasteiger partial charge is 0.254 e. The van der Waals surface area contributed by atoms with E-state index in [0.29, 0.717) is 23.2 Å². The average molecular weight is 391 g/mol. The number of aromatic nitrogens is 2. The second-order valence-electron chi connectivity index (χ2n) is 7.31. The number of nitrogens with one attached hydrogen (secondary N) is 1. The molecule has 3 N–H and O–H groups in total. The Balaban J connectivity index is 1.86. The van der Waals surface area contributed by atoms with Gasteiger partial charge in [-0.25, -0.2) is 13.6 Å². The third kappa shape index (κ3) is 4.06. The minimum Gasteiger partial charge on any atom is -0.336 e. The van der Waals surface area contributed by atoms with Crippen LogP contribution in [0.1, 0.15) is 57.7 Å². The van der Waals surface area contributed by atoms with Gasteiger partial charge in [0.15, 0.2) is 0 Å². The molecule has 0 unspecified atom stereocenters. The summed E-state index contributed by atoms with van der Waals surface area (Å²) < 4.78 is 23.7. The number of hydrogen-bond acceptors (Lipinski definition) is 4. The number of rotatable bonds is 4. The Hall–Kier alpha value is -2.19. The van der Waals surface area contributed by atoms with Gasteiger partial charge in [-0.05, 0) is 68.4 Å². The van der Waals surface area contributed by atoms with Crippen LogP contribution in [0.2, 0.25) is 0 Å². The molecule has 1 aliphatic carbocycles. The lowest BCUT2D eigenvalue weighted by Gasteiger charge is -2.18. The summed E-state index contributed by atoms with van der Waals surface area (Å²) in [6.45, 7) is 3.84. The van der Waals surface area contributed by atoms with Crippen molar-refractivity contribution >= 4 is 15.9 Å². The first-order valence-electron chi connectivity index (χ1n) is 9.13. The molecule has 0 aliphatic heterocycles. The van der Waals surface area contributed by atoms with E-state index in [9.17, 15) is 13.2 Å². The fraction of sp³-hybridized carbons (Fsp3) is 0.474. The highest BCUT2D eigenvalue weighted by atomic mass is 32.2. The summed E-state index contributed by atoms with van der Waals surface area (Å²) in [6, 6.07) is 3.06. The Morgan fingerprint density at radius 2 is 1.93 bits per heavy atom. The van der Waals surface area contributed by atoms with Crippen LogP contribution < -0.4 is 5.14 Å². The maximum atomic E-state index is 12.9. The first-order valence-corrected chi connectivity index (χ1v) is 10.7. The van der Waals surface area contributed by atoms with E-state index < -0.39 is 10.0 Å². The summed E-state index contributed by atoms with van der Waals surface area (Å²) in [4.78, 5) is 14.5. The molecule has 2 aromatic rings. The van der Waals surface area contributed by atoms with Gasteiger partial charge in [0.1, 0.15) is 0 Å². The Bertz CT molecular complexity index is 979. The molecule has 0 atom stereocenters. The van der Waals surface area contributed by atoms with Crippen molar-refractivity contribution in [3.8, 4) is 0 Å². The molecular weight excluding hydrogens is 364 g/mol. The standard InChI is InChI=1S/C19H26N4O3S/c1-12-9-14(10-18(13(12)2)27(20,25)26)19(24)23(3)11-17-15-7-5-4-6-8-16(15)21-22-17/h9-10H,4-8,11H2,1-3H3,(H,21,22)(H2,20,25,26). The first-order chi connectivity index (χ1) is 12.7. The third-order valence-electron chi connectivity index (χ3n) is 5.30. The van der Waals surface area contributed by atoms with Crippen molar-refractivity contribution in [2.75, 3.05) is 7.05 Å². The summed E-state index contributed by atoms with van der Waals surface area (Å²) >= 11 is 0. The van der Waals surface area contributed by atoms with Gasteiger partial charge in [0, 0.05) is 18.3 Å². The number of aromatic amines is 1. The van der Waals surface area contributed by atoms with Crippen LogP contribution in [0.5, 0.6) is 0 Å². The number of hydrogen-bond donors (Lipinski definition) is 2. The number of amides is 1. The molecule has 0 saturated heterocycles. The minimum absolute atomic E-state index is 0.00659. The van der Waals surface area contributed by atoms with Crippen LogP contribution in [0.25, 0.3) is 0 Å². The summed E-state index contributed by atoms with van der Waals surface area (Å²) in [5, 5.41) is 12.8. The van der Waals surface area contributed by atoms with Gasteiger partial charge in [0.05, 0.1) is 17.1 Å². The molecule has 0 radical (unpaired) electrons. The Morgan fingerprint density at radius 1 is 1.22 bits per heavy atom. The Morgan fingerprint density at radius 3 is 2.63 bits per heavy atom. The van der Waals surface area contributed by atoms with Gasteiger partial charge < -0.3 is 4.90 Å². The Kier molecular flexibility index (Phi) is 5.39. The van der Waals surface area contributed by atoms with Crippen LogP contribution in [-0.4, -0.2) is 36.5 Å². The number of carbonyl (C=O) groups excluding carboxylic acids is 1. The lowest BCUT2D eigenvalue weighted by molar-refractivity contribution is 0.0782. The normalized spacial score (nSPS) is 14.5. The van der Waals surface area contributed by atoms with Crippen LogP contribution >= 0.6 is 0 Å². The molecule has 0 fully saturated rings. The summed E-state index contributed by atoms with van der Waals surface area (Å²) in [5.74, 6) is -0.256. The molecule has 3 rings (SSSR count). The highest BCUT2D eigenvalue weighted by Gasteiger charge is 2.22. The van der Waals surface area contributed by atoms with Crippen molar-refractivity contribution in [1.82, 2.24) is 15.1 Å². The van der Waals surface area contributed by atoms with Crippen LogP contribution in [0.4, 0.5) is 0 Å². The van der Waals surface area contributed by atoms with Crippen molar-refractivity contribution in [2.45, 2.75) is 57.4 Å². The quantitative estimate of drug-likeness (QED) is 0.780. The largest absolute Gasteiger partial charge is 0.336 e. The number of fused-ring (bicyclic) bond motifs is 1. The average Bonchev–Trinajstić information content (AvgIpc) is 2.82. The third-order valence-corrected chi connectivity index (χ3v) is 6.34. The molecule has 1 aromatic heterocycles. The molecule has 1 aromatic carbocycles. The summed E-state index contributed by atoms with van der Waals surface area (Å²) in [5.41, 5.74) is 4.87. The molecule has 146 valence electrons. The number of aryl methyl sites for hydroxylation is 2. The first kappa shape index (κ1) is 19.6. The van der Waals surface area contributed by atoms with Gasteiger partial charge >= 0.3 is 0 Å². The number of benzene rings is 1. The van der Waals surface area contributed by atoms with E-state index >= 15 is 0 Å². The van der Waals surface area contributed by atoms with E-state index in [2.05, 4.69) is 10.2 Å².